The molecule has 2 aliphatic rings. The van der Waals surface area contributed by atoms with E-state index in [2.05, 4.69) is 5.32 Å². The molecule has 2 saturated heterocycles. The summed E-state index contributed by atoms with van der Waals surface area (Å²) in [6.45, 7) is 4.06. The SMILES string of the molecule is CCCN1C(=O)N(CCNCCCOc2cn(-c3ccc(F)cc3)c3cc(Cl)ccc23)CC12OC(=O)C(=O)O2. The molecule has 39 heavy (non-hydrogen) atoms. The van der Waals surface area contributed by atoms with Crippen LogP contribution in [0.4, 0.5) is 9.18 Å². The zero-order valence-corrected chi connectivity index (χ0v) is 22.1. The highest BCUT2D eigenvalue weighted by molar-refractivity contribution is 6.31. The Bertz CT molecular complexity index is 1380. The first kappa shape index (κ1) is 26.8. The average molecular weight is 559 g/mol. The third kappa shape index (κ3) is 5.37. The minimum atomic E-state index is -1.67. The normalized spacial score (nSPS) is 16.4. The average Bonchev–Trinajstić information content (AvgIpc) is 3.50. The van der Waals surface area contributed by atoms with Crippen molar-refractivity contribution in [3.05, 3.63) is 59.5 Å². The number of benzene rings is 2. The molecule has 2 aliphatic heterocycles. The van der Waals surface area contributed by atoms with Gasteiger partial charge < -0.3 is 29.0 Å². The number of carbonyl (C=O) groups excluding carboxylic acids is 3. The molecule has 10 nitrogen and oxygen atoms in total. The number of amides is 2. The topological polar surface area (TPSA) is 102 Å². The number of urea groups is 1. The molecule has 3 aromatic rings. The van der Waals surface area contributed by atoms with Gasteiger partial charge in [0.15, 0.2) is 0 Å². The van der Waals surface area contributed by atoms with Gasteiger partial charge in [-0.2, -0.15) is 0 Å². The first-order valence-electron chi connectivity index (χ1n) is 12.7. The standard InChI is InChI=1S/C27H28ClFN4O6/c1-2-12-33-26(36)31(17-27(33)38-24(34)25(35)39-27)13-11-30-10-3-14-37-23-16-32(20-7-5-19(29)6-8-20)22-15-18(28)4-9-21(22)23/h4-9,15-16,30H,2-3,10-14,17H2,1H3. The summed E-state index contributed by atoms with van der Waals surface area (Å²) in [6, 6.07) is 11.4. The lowest BCUT2D eigenvalue weighted by Gasteiger charge is -2.28. The summed E-state index contributed by atoms with van der Waals surface area (Å²) in [5.74, 6) is -3.47. The van der Waals surface area contributed by atoms with E-state index >= 15 is 0 Å². The second kappa shape index (κ2) is 11.1. The first-order valence-corrected chi connectivity index (χ1v) is 13.1. The van der Waals surface area contributed by atoms with E-state index in [0.717, 1.165) is 16.6 Å². The molecule has 2 aromatic carbocycles. The van der Waals surface area contributed by atoms with Gasteiger partial charge in [-0.1, -0.05) is 18.5 Å². The summed E-state index contributed by atoms with van der Waals surface area (Å²) in [7, 11) is 0. The molecular formula is C27H28ClFN4O6. The monoisotopic (exact) mass is 558 g/mol. The van der Waals surface area contributed by atoms with Crippen molar-refractivity contribution in [1.82, 2.24) is 19.7 Å². The van der Waals surface area contributed by atoms with Crippen LogP contribution in [0.2, 0.25) is 5.02 Å². The number of hydrogen-bond donors (Lipinski definition) is 1. The second-order valence-corrected chi connectivity index (χ2v) is 9.74. The number of hydrogen-bond acceptors (Lipinski definition) is 7. The molecule has 0 atom stereocenters. The Hall–Kier alpha value is -3.83. The highest BCUT2D eigenvalue weighted by atomic mass is 35.5. The summed E-state index contributed by atoms with van der Waals surface area (Å²) >= 11 is 6.22. The molecule has 0 aliphatic carbocycles. The van der Waals surface area contributed by atoms with Gasteiger partial charge in [-0.05, 0) is 61.9 Å². The lowest BCUT2D eigenvalue weighted by atomic mass is 10.2. The van der Waals surface area contributed by atoms with Crippen molar-refractivity contribution >= 4 is 40.5 Å². The van der Waals surface area contributed by atoms with Crippen LogP contribution in [0.3, 0.4) is 0 Å². The molecular weight excluding hydrogens is 531 g/mol. The Kier molecular flexibility index (Phi) is 7.62. The third-order valence-electron chi connectivity index (χ3n) is 6.57. The van der Waals surface area contributed by atoms with Gasteiger partial charge in [0.05, 0.1) is 18.3 Å². The van der Waals surface area contributed by atoms with Crippen LogP contribution in [0.5, 0.6) is 5.75 Å². The highest BCUT2D eigenvalue weighted by Gasteiger charge is 2.61. The molecule has 0 bridgehead atoms. The van der Waals surface area contributed by atoms with E-state index in [-0.39, 0.29) is 18.4 Å². The van der Waals surface area contributed by atoms with Gasteiger partial charge in [0.2, 0.25) is 0 Å². The zero-order valence-electron chi connectivity index (χ0n) is 21.3. The Morgan fingerprint density at radius 2 is 1.79 bits per heavy atom. The molecule has 0 unspecified atom stereocenters. The van der Waals surface area contributed by atoms with Crippen LogP contribution in [0.15, 0.2) is 48.7 Å². The fourth-order valence-electron chi connectivity index (χ4n) is 4.76. The summed E-state index contributed by atoms with van der Waals surface area (Å²) in [4.78, 5) is 38.9. The van der Waals surface area contributed by atoms with Gasteiger partial charge in [0.25, 0.3) is 0 Å². The Morgan fingerprint density at radius 1 is 1.05 bits per heavy atom. The largest absolute Gasteiger partial charge is 0.491 e. The maximum Gasteiger partial charge on any atom is 0.422 e. The number of carbonyl (C=O) groups is 3. The zero-order chi connectivity index (χ0) is 27.6. The summed E-state index contributed by atoms with van der Waals surface area (Å²) in [6.07, 6.45) is 3.18. The summed E-state index contributed by atoms with van der Waals surface area (Å²) in [5.41, 5.74) is 1.64. The highest BCUT2D eigenvalue weighted by Crippen LogP contribution is 2.34. The van der Waals surface area contributed by atoms with Crippen LogP contribution in [-0.4, -0.2) is 77.6 Å². The maximum atomic E-state index is 13.4. The first-order chi connectivity index (χ1) is 18.8. The third-order valence-corrected chi connectivity index (χ3v) is 6.81. The fraction of sp³-hybridized carbons (Fsp3) is 0.370. The predicted octanol–water partition coefficient (Wildman–Crippen LogP) is 3.68. The Balaban J connectivity index is 1.12. The van der Waals surface area contributed by atoms with E-state index < -0.39 is 17.8 Å². The molecule has 1 spiro atoms. The van der Waals surface area contributed by atoms with Crippen molar-refractivity contribution in [2.75, 3.05) is 39.3 Å². The number of fused-ring (bicyclic) bond motifs is 1. The number of nitrogens with zero attached hydrogens (tertiary/aromatic N) is 3. The Morgan fingerprint density at radius 3 is 2.51 bits per heavy atom. The van der Waals surface area contributed by atoms with Gasteiger partial charge in [-0.15, -0.1) is 0 Å². The molecule has 0 saturated carbocycles. The van der Waals surface area contributed by atoms with Crippen LogP contribution >= 0.6 is 11.6 Å². The van der Waals surface area contributed by atoms with Gasteiger partial charge >= 0.3 is 23.9 Å². The number of rotatable bonds is 11. The van der Waals surface area contributed by atoms with Crippen LogP contribution in [-0.2, 0) is 19.1 Å². The number of halogens is 2. The fourth-order valence-corrected chi connectivity index (χ4v) is 4.93. The predicted molar refractivity (Wildman–Crippen MR) is 140 cm³/mol. The Labute approximate surface area is 229 Å². The molecule has 0 radical (unpaired) electrons. The van der Waals surface area contributed by atoms with Crippen LogP contribution in [0.1, 0.15) is 19.8 Å². The van der Waals surface area contributed by atoms with Crippen LogP contribution in [0.25, 0.3) is 16.6 Å². The van der Waals surface area contributed by atoms with E-state index in [0.29, 0.717) is 56.4 Å². The molecule has 2 amide bonds. The number of aromatic nitrogens is 1. The van der Waals surface area contributed by atoms with Crippen molar-refractivity contribution in [2.45, 2.75) is 25.7 Å². The molecule has 1 N–H and O–H groups in total. The lowest BCUT2D eigenvalue weighted by Crippen LogP contribution is -2.48. The van der Waals surface area contributed by atoms with Crippen LogP contribution < -0.4 is 10.1 Å². The van der Waals surface area contributed by atoms with E-state index in [1.54, 1.807) is 18.2 Å². The summed E-state index contributed by atoms with van der Waals surface area (Å²) in [5, 5.41) is 4.76. The van der Waals surface area contributed by atoms with Crippen molar-refractivity contribution in [1.29, 1.82) is 0 Å². The van der Waals surface area contributed by atoms with Crippen molar-refractivity contribution < 1.29 is 33.0 Å². The molecule has 1 aromatic heterocycles. The van der Waals surface area contributed by atoms with Crippen molar-refractivity contribution in [3.63, 3.8) is 0 Å². The smallest absolute Gasteiger partial charge is 0.422 e. The number of ether oxygens (including phenoxy) is 3. The van der Waals surface area contributed by atoms with Gasteiger partial charge in [-0.25, -0.2) is 18.8 Å². The molecule has 3 heterocycles. The van der Waals surface area contributed by atoms with Gasteiger partial charge in [0.1, 0.15) is 18.1 Å². The minimum absolute atomic E-state index is 0.0315. The maximum absolute atomic E-state index is 13.4. The number of nitrogens with one attached hydrogen (secondary N) is 1. The lowest BCUT2D eigenvalue weighted by molar-refractivity contribution is -0.220. The second-order valence-electron chi connectivity index (χ2n) is 9.30. The van der Waals surface area contributed by atoms with Crippen molar-refractivity contribution in [3.8, 4) is 11.4 Å². The van der Waals surface area contributed by atoms with E-state index in [1.165, 1.54) is 21.9 Å². The van der Waals surface area contributed by atoms with Gasteiger partial charge in [-0.3, -0.25) is 4.90 Å². The molecule has 12 heteroatoms. The van der Waals surface area contributed by atoms with E-state index in [9.17, 15) is 18.8 Å². The molecule has 206 valence electrons. The van der Waals surface area contributed by atoms with Crippen molar-refractivity contribution in [2.24, 2.45) is 0 Å². The minimum Gasteiger partial charge on any atom is -0.491 e. The van der Waals surface area contributed by atoms with E-state index in [1.807, 2.05) is 29.8 Å². The van der Waals surface area contributed by atoms with Gasteiger partial charge in [0, 0.05) is 35.7 Å². The quantitative estimate of drug-likeness (QED) is 0.218. The molecule has 2 fully saturated rings. The molecule has 5 rings (SSSR count). The van der Waals surface area contributed by atoms with Crippen LogP contribution in [0, 0.1) is 5.82 Å². The summed E-state index contributed by atoms with van der Waals surface area (Å²) < 4.78 is 31.7. The van der Waals surface area contributed by atoms with E-state index in [4.69, 9.17) is 25.8 Å². The number of esters is 2.